The quantitative estimate of drug-likeness (QED) is 0.864. The van der Waals surface area contributed by atoms with Crippen LogP contribution in [0.1, 0.15) is 5.69 Å². The smallest absolute Gasteiger partial charge is 0.0651 e. The number of aromatic nitrogens is 2. The summed E-state index contributed by atoms with van der Waals surface area (Å²) in [7, 11) is 0. The lowest BCUT2D eigenvalue weighted by molar-refractivity contribution is 0.298. The molecule has 0 saturated carbocycles. The number of aliphatic hydroxyl groups excluding tert-OH is 1. The predicted octanol–water partition coefficient (Wildman–Crippen LogP) is 2.06. The normalized spacial score (nSPS) is 10.5. The molecule has 2 rings (SSSR count). The lowest BCUT2D eigenvalue weighted by atomic mass is 10.3. The van der Waals surface area contributed by atoms with Gasteiger partial charge < -0.3 is 5.11 Å². The Labute approximate surface area is 92.9 Å². The first kappa shape index (κ1) is 10.2. The summed E-state index contributed by atoms with van der Waals surface area (Å²) in [5.41, 5.74) is 1.84. The second-order valence-corrected chi connectivity index (χ2v) is 3.64. The van der Waals surface area contributed by atoms with Crippen LogP contribution in [0.25, 0.3) is 5.69 Å². The molecule has 0 spiro atoms. The fourth-order valence-electron chi connectivity index (χ4n) is 1.35. The van der Waals surface area contributed by atoms with Crippen LogP contribution in [0.2, 0.25) is 5.02 Å². The maximum atomic E-state index is 8.77. The topological polar surface area (TPSA) is 38.0 Å². The van der Waals surface area contributed by atoms with Crippen molar-refractivity contribution in [2.45, 2.75) is 6.42 Å². The maximum Gasteiger partial charge on any atom is 0.0651 e. The molecule has 1 aromatic carbocycles. The van der Waals surface area contributed by atoms with E-state index in [1.807, 2.05) is 36.5 Å². The molecule has 0 atom stereocenters. The molecule has 0 saturated heterocycles. The Morgan fingerprint density at radius 2 is 1.93 bits per heavy atom. The lowest BCUT2D eigenvalue weighted by Crippen LogP contribution is -1.97. The summed E-state index contributed by atoms with van der Waals surface area (Å²) in [6, 6.07) is 9.34. The molecular formula is C11H11ClN2O. The molecular weight excluding hydrogens is 212 g/mol. The van der Waals surface area contributed by atoms with Crippen molar-refractivity contribution < 1.29 is 5.11 Å². The number of nitrogens with zero attached hydrogens (tertiary/aromatic N) is 2. The second kappa shape index (κ2) is 4.47. The van der Waals surface area contributed by atoms with Gasteiger partial charge in [0.2, 0.25) is 0 Å². The van der Waals surface area contributed by atoms with Gasteiger partial charge in [-0.15, -0.1) is 0 Å². The number of benzene rings is 1. The van der Waals surface area contributed by atoms with Crippen molar-refractivity contribution in [2.75, 3.05) is 6.61 Å². The summed E-state index contributed by atoms with van der Waals surface area (Å²) in [5.74, 6) is 0. The van der Waals surface area contributed by atoms with Crippen LogP contribution in [0.3, 0.4) is 0 Å². The van der Waals surface area contributed by atoms with Crippen molar-refractivity contribution in [1.29, 1.82) is 0 Å². The average molecular weight is 223 g/mol. The van der Waals surface area contributed by atoms with Crippen molar-refractivity contribution in [3.05, 3.63) is 47.2 Å². The van der Waals surface area contributed by atoms with E-state index < -0.39 is 0 Å². The molecule has 0 aliphatic heterocycles. The third-order valence-corrected chi connectivity index (χ3v) is 2.36. The summed E-state index contributed by atoms with van der Waals surface area (Å²) in [6.45, 7) is 0.123. The molecule has 0 bridgehead atoms. The highest BCUT2D eigenvalue weighted by atomic mass is 35.5. The van der Waals surface area contributed by atoms with Gasteiger partial charge in [-0.3, -0.25) is 0 Å². The second-order valence-electron chi connectivity index (χ2n) is 3.20. The van der Waals surface area contributed by atoms with Crippen molar-refractivity contribution >= 4 is 11.6 Å². The van der Waals surface area contributed by atoms with Crippen LogP contribution in [0, 0.1) is 0 Å². The molecule has 0 aliphatic rings. The first-order chi connectivity index (χ1) is 7.29. The highest BCUT2D eigenvalue weighted by Gasteiger charge is 2.00. The van der Waals surface area contributed by atoms with Crippen LogP contribution in [-0.2, 0) is 6.42 Å². The van der Waals surface area contributed by atoms with E-state index in [9.17, 15) is 0 Å². The van der Waals surface area contributed by atoms with Crippen LogP contribution >= 0.6 is 11.6 Å². The van der Waals surface area contributed by atoms with E-state index in [1.165, 1.54) is 0 Å². The Kier molecular flexibility index (Phi) is 3.04. The third-order valence-electron chi connectivity index (χ3n) is 2.10. The van der Waals surface area contributed by atoms with Gasteiger partial charge in [-0.05, 0) is 30.3 Å². The zero-order valence-corrected chi connectivity index (χ0v) is 8.85. The first-order valence-corrected chi connectivity index (χ1v) is 5.09. The minimum atomic E-state index is 0.123. The van der Waals surface area contributed by atoms with Crippen molar-refractivity contribution in [3.63, 3.8) is 0 Å². The van der Waals surface area contributed by atoms with Gasteiger partial charge in [0.05, 0.1) is 11.4 Å². The Balaban J connectivity index is 2.25. The molecule has 1 N–H and O–H groups in total. The van der Waals surface area contributed by atoms with Gasteiger partial charge in [-0.1, -0.05) is 11.6 Å². The summed E-state index contributed by atoms with van der Waals surface area (Å²) in [4.78, 5) is 0. The third kappa shape index (κ3) is 2.37. The Morgan fingerprint density at radius 3 is 2.60 bits per heavy atom. The Hall–Kier alpha value is -1.32. The summed E-state index contributed by atoms with van der Waals surface area (Å²) in [6.07, 6.45) is 2.45. The number of halogens is 1. The molecule has 0 unspecified atom stereocenters. The molecule has 78 valence electrons. The average Bonchev–Trinajstić information content (AvgIpc) is 2.68. The SMILES string of the molecule is OCCc1ccn(-c2ccc(Cl)cc2)n1. The van der Waals surface area contributed by atoms with Gasteiger partial charge in [-0.2, -0.15) is 5.10 Å². The number of hydrogen-bond acceptors (Lipinski definition) is 2. The standard InChI is InChI=1S/C11H11ClN2O/c12-9-1-3-11(4-2-9)14-7-5-10(13-14)6-8-15/h1-5,7,15H,6,8H2. The van der Waals surface area contributed by atoms with E-state index in [4.69, 9.17) is 16.7 Å². The molecule has 3 nitrogen and oxygen atoms in total. The molecule has 1 aromatic heterocycles. The van der Waals surface area contributed by atoms with Gasteiger partial charge >= 0.3 is 0 Å². The minimum absolute atomic E-state index is 0.123. The Bertz CT molecular complexity index is 436. The van der Waals surface area contributed by atoms with Crippen LogP contribution < -0.4 is 0 Å². The molecule has 0 fully saturated rings. The largest absolute Gasteiger partial charge is 0.396 e. The maximum absolute atomic E-state index is 8.77. The highest BCUT2D eigenvalue weighted by molar-refractivity contribution is 6.30. The summed E-state index contributed by atoms with van der Waals surface area (Å²) < 4.78 is 1.77. The predicted molar refractivity (Wildman–Crippen MR) is 59.4 cm³/mol. The van der Waals surface area contributed by atoms with E-state index in [-0.39, 0.29) is 6.61 Å². The Morgan fingerprint density at radius 1 is 1.20 bits per heavy atom. The minimum Gasteiger partial charge on any atom is -0.396 e. The molecule has 2 aromatic rings. The first-order valence-electron chi connectivity index (χ1n) is 4.71. The number of rotatable bonds is 3. The zero-order valence-electron chi connectivity index (χ0n) is 8.10. The highest BCUT2D eigenvalue weighted by Crippen LogP contribution is 2.13. The van der Waals surface area contributed by atoms with Gasteiger partial charge in [0.25, 0.3) is 0 Å². The van der Waals surface area contributed by atoms with E-state index in [2.05, 4.69) is 5.10 Å². The van der Waals surface area contributed by atoms with Gasteiger partial charge in [0, 0.05) is 24.2 Å². The fraction of sp³-hybridized carbons (Fsp3) is 0.182. The molecule has 15 heavy (non-hydrogen) atoms. The van der Waals surface area contributed by atoms with Crippen molar-refractivity contribution in [3.8, 4) is 5.69 Å². The van der Waals surface area contributed by atoms with Gasteiger partial charge in [-0.25, -0.2) is 4.68 Å². The molecule has 4 heteroatoms. The molecule has 0 radical (unpaired) electrons. The zero-order chi connectivity index (χ0) is 10.7. The van der Waals surface area contributed by atoms with Gasteiger partial charge in [0.15, 0.2) is 0 Å². The number of aliphatic hydroxyl groups is 1. The van der Waals surface area contributed by atoms with Crippen LogP contribution in [0.5, 0.6) is 0 Å². The lowest BCUT2D eigenvalue weighted by Gasteiger charge is -2.00. The fourth-order valence-corrected chi connectivity index (χ4v) is 1.47. The van der Waals surface area contributed by atoms with E-state index >= 15 is 0 Å². The van der Waals surface area contributed by atoms with Crippen LogP contribution in [0.4, 0.5) is 0 Å². The molecule has 0 aliphatic carbocycles. The van der Waals surface area contributed by atoms with Crippen LogP contribution in [0.15, 0.2) is 36.5 Å². The van der Waals surface area contributed by atoms with Gasteiger partial charge in [0.1, 0.15) is 0 Å². The van der Waals surface area contributed by atoms with Crippen LogP contribution in [-0.4, -0.2) is 21.5 Å². The van der Waals surface area contributed by atoms with Crippen molar-refractivity contribution in [1.82, 2.24) is 9.78 Å². The monoisotopic (exact) mass is 222 g/mol. The summed E-state index contributed by atoms with van der Waals surface area (Å²) in [5, 5.41) is 13.8. The molecule has 1 heterocycles. The van der Waals surface area contributed by atoms with E-state index in [1.54, 1.807) is 4.68 Å². The number of hydrogen-bond donors (Lipinski definition) is 1. The van der Waals surface area contributed by atoms with E-state index in [0.29, 0.717) is 11.4 Å². The van der Waals surface area contributed by atoms with E-state index in [0.717, 1.165) is 11.4 Å². The molecule has 0 amide bonds. The van der Waals surface area contributed by atoms with Crippen molar-refractivity contribution in [2.24, 2.45) is 0 Å². The summed E-state index contributed by atoms with van der Waals surface area (Å²) >= 11 is 5.79.